The predicted octanol–water partition coefficient (Wildman–Crippen LogP) is 2.73. The average molecular weight is 256 g/mol. The fourth-order valence-corrected chi connectivity index (χ4v) is 1.51. The minimum Gasteiger partial charge on any atom is -0.497 e. The second-order valence-electron chi connectivity index (χ2n) is 2.88. The highest BCUT2D eigenvalue weighted by atomic mass is 79.9. The number of benzene rings is 1. The molecule has 0 aliphatic heterocycles. The summed E-state index contributed by atoms with van der Waals surface area (Å²) in [6.07, 6.45) is 1.84. The first-order valence-corrected chi connectivity index (χ1v) is 5.21. The van der Waals surface area contributed by atoms with Crippen molar-refractivity contribution in [3.63, 3.8) is 0 Å². The lowest BCUT2D eigenvalue weighted by Crippen LogP contribution is -2.12. The number of hydrogen-bond donors (Lipinski definition) is 1. The number of methoxy groups -OCH3 is 1. The molecule has 3 heteroatoms. The summed E-state index contributed by atoms with van der Waals surface area (Å²) in [5.41, 5.74) is 1.19. The van der Waals surface area contributed by atoms with Crippen molar-refractivity contribution in [2.45, 2.75) is 6.54 Å². The van der Waals surface area contributed by atoms with E-state index in [-0.39, 0.29) is 0 Å². The van der Waals surface area contributed by atoms with Crippen molar-refractivity contribution >= 4 is 15.9 Å². The van der Waals surface area contributed by atoms with Gasteiger partial charge in [-0.3, -0.25) is 0 Å². The van der Waals surface area contributed by atoms with Crippen LogP contribution in [0.2, 0.25) is 0 Å². The topological polar surface area (TPSA) is 21.3 Å². The van der Waals surface area contributed by atoms with Crippen LogP contribution in [0.5, 0.6) is 5.75 Å². The van der Waals surface area contributed by atoms with E-state index in [1.807, 2.05) is 24.3 Å². The molecule has 0 radical (unpaired) electrons. The van der Waals surface area contributed by atoms with Crippen LogP contribution in [0.4, 0.5) is 0 Å². The van der Waals surface area contributed by atoms with Crippen molar-refractivity contribution in [1.82, 2.24) is 5.32 Å². The van der Waals surface area contributed by atoms with E-state index >= 15 is 0 Å². The quantitative estimate of drug-likeness (QED) is 0.646. The molecule has 0 aliphatic rings. The number of halogens is 1. The van der Waals surface area contributed by atoms with Gasteiger partial charge in [0.2, 0.25) is 0 Å². The summed E-state index contributed by atoms with van der Waals surface area (Å²) >= 11 is 3.49. The molecule has 1 aromatic carbocycles. The molecule has 76 valence electrons. The van der Waals surface area contributed by atoms with E-state index in [1.54, 1.807) is 7.11 Å². The van der Waals surface area contributed by atoms with Crippen molar-refractivity contribution in [2.75, 3.05) is 13.7 Å². The zero-order valence-electron chi connectivity index (χ0n) is 8.22. The number of ether oxygens (including phenoxy) is 1. The largest absolute Gasteiger partial charge is 0.497 e. The first-order valence-electron chi connectivity index (χ1n) is 4.42. The molecule has 0 aromatic heterocycles. The van der Waals surface area contributed by atoms with Gasteiger partial charge in [0.05, 0.1) is 7.11 Å². The first-order chi connectivity index (χ1) is 6.77. The molecule has 0 amide bonds. The Morgan fingerprint density at radius 3 is 3.00 bits per heavy atom. The zero-order chi connectivity index (χ0) is 10.4. The highest BCUT2D eigenvalue weighted by Crippen LogP contribution is 2.22. The average Bonchev–Trinajstić information content (AvgIpc) is 2.21. The van der Waals surface area contributed by atoms with Crippen LogP contribution in [0.15, 0.2) is 35.3 Å². The summed E-state index contributed by atoms with van der Waals surface area (Å²) < 4.78 is 6.24. The van der Waals surface area contributed by atoms with Crippen LogP contribution >= 0.6 is 15.9 Å². The maximum absolute atomic E-state index is 5.15. The number of hydrogen-bond acceptors (Lipinski definition) is 2. The SMILES string of the molecule is C=CCNCc1cc(OC)ccc1Br. The van der Waals surface area contributed by atoms with Gasteiger partial charge in [0.25, 0.3) is 0 Å². The van der Waals surface area contributed by atoms with Crippen molar-refractivity contribution in [2.24, 2.45) is 0 Å². The lowest BCUT2D eigenvalue weighted by atomic mass is 10.2. The van der Waals surface area contributed by atoms with Crippen LogP contribution < -0.4 is 10.1 Å². The third-order valence-corrected chi connectivity index (χ3v) is 2.63. The monoisotopic (exact) mass is 255 g/mol. The fourth-order valence-electron chi connectivity index (χ4n) is 1.12. The number of rotatable bonds is 5. The highest BCUT2D eigenvalue weighted by Gasteiger charge is 2.00. The summed E-state index contributed by atoms with van der Waals surface area (Å²) in [4.78, 5) is 0. The van der Waals surface area contributed by atoms with Gasteiger partial charge in [0.1, 0.15) is 5.75 Å². The van der Waals surface area contributed by atoms with E-state index in [9.17, 15) is 0 Å². The van der Waals surface area contributed by atoms with Crippen LogP contribution in [-0.4, -0.2) is 13.7 Å². The third-order valence-electron chi connectivity index (χ3n) is 1.86. The molecule has 1 rings (SSSR count). The van der Waals surface area contributed by atoms with E-state index in [0.29, 0.717) is 0 Å². The molecule has 0 spiro atoms. The Morgan fingerprint density at radius 1 is 1.57 bits per heavy atom. The van der Waals surface area contributed by atoms with Crippen molar-refractivity contribution in [1.29, 1.82) is 0 Å². The molecule has 0 bridgehead atoms. The summed E-state index contributed by atoms with van der Waals surface area (Å²) in [5.74, 6) is 0.878. The molecule has 2 nitrogen and oxygen atoms in total. The molecule has 1 N–H and O–H groups in total. The van der Waals surface area contributed by atoms with Gasteiger partial charge in [-0.1, -0.05) is 22.0 Å². The Kier molecular flexibility index (Phi) is 4.70. The van der Waals surface area contributed by atoms with Gasteiger partial charge in [0.15, 0.2) is 0 Å². The number of nitrogens with one attached hydrogen (secondary N) is 1. The van der Waals surface area contributed by atoms with Crippen LogP contribution in [0.25, 0.3) is 0 Å². The molecule has 0 aliphatic carbocycles. The molecular formula is C11H14BrNO. The summed E-state index contributed by atoms with van der Waals surface area (Å²) in [6, 6.07) is 5.94. The maximum atomic E-state index is 5.15. The smallest absolute Gasteiger partial charge is 0.119 e. The van der Waals surface area contributed by atoms with Gasteiger partial charge < -0.3 is 10.1 Å². The Balaban J connectivity index is 2.68. The van der Waals surface area contributed by atoms with Gasteiger partial charge in [-0.05, 0) is 23.8 Å². The van der Waals surface area contributed by atoms with E-state index in [0.717, 1.165) is 23.3 Å². The van der Waals surface area contributed by atoms with Gasteiger partial charge in [-0.15, -0.1) is 6.58 Å². The summed E-state index contributed by atoms with van der Waals surface area (Å²) in [6.45, 7) is 5.27. The van der Waals surface area contributed by atoms with Gasteiger partial charge in [0, 0.05) is 17.6 Å². The summed E-state index contributed by atoms with van der Waals surface area (Å²) in [5, 5.41) is 3.24. The van der Waals surface area contributed by atoms with Crippen LogP contribution in [0.3, 0.4) is 0 Å². The first kappa shape index (κ1) is 11.3. The Labute approximate surface area is 93.1 Å². The maximum Gasteiger partial charge on any atom is 0.119 e. The van der Waals surface area contributed by atoms with Crippen LogP contribution in [0.1, 0.15) is 5.56 Å². The standard InChI is InChI=1S/C11H14BrNO/c1-3-6-13-8-9-7-10(14-2)4-5-11(9)12/h3-5,7,13H,1,6,8H2,2H3. The third kappa shape index (κ3) is 3.16. The highest BCUT2D eigenvalue weighted by molar-refractivity contribution is 9.10. The minimum atomic E-state index is 0.809. The summed E-state index contributed by atoms with van der Waals surface area (Å²) in [7, 11) is 1.67. The van der Waals surface area contributed by atoms with Gasteiger partial charge >= 0.3 is 0 Å². The van der Waals surface area contributed by atoms with Crippen molar-refractivity contribution < 1.29 is 4.74 Å². The van der Waals surface area contributed by atoms with Crippen molar-refractivity contribution in [3.05, 3.63) is 40.9 Å². The molecule has 0 saturated carbocycles. The Bertz CT molecular complexity index is 312. The second-order valence-corrected chi connectivity index (χ2v) is 3.73. The molecule has 14 heavy (non-hydrogen) atoms. The normalized spacial score (nSPS) is 9.86. The predicted molar refractivity (Wildman–Crippen MR) is 62.6 cm³/mol. The minimum absolute atomic E-state index is 0.809. The fraction of sp³-hybridized carbons (Fsp3) is 0.273. The molecule has 1 aromatic rings. The second kappa shape index (κ2) is 5.83. The Morgan fingerprint density at radius 2 is 2.36 bits per heavy atom. The van der Waals surface area contributed by atoms with Crippen LogP contribution in [-0.2, 0) is 6.54 Å². The molecule has 0 fully saturated rings. The molecule has 0 unspecified atom stereocenters. The molecule has 0 atom stereocenters. The van der Waals surface area contributed by atoms with Gasteiger partial charge in [-0.25, -0.2) is 0 Å². The van der Waals surface area contributed by atoms with Gasteiger partial charge in [-0.2, -0.15) is 0 Å². The lowest BCUT2D eigenvalue weighted by Gasteiger charge is -2.07. The van der Waals surface area contributed by atoms with Crippen LogP contribution in [0, 0.1) is 0 Å². The van der Waals surface area contributed by atoms with E-state index < -0.39 is 0 Å². The van der Waals surface area contributed by atoms with E-state index in [2.05, 4.69) is 27.8 Å². The molecular weight excluding hydrogens is 242 g/mol. The van der Waals surface area contributed by atoms with Crippen molar-refractivity contribution in [3.8, 4) is 5.75 Å². The molecule has 0 saturated heterocycles. The van der Waals surface area contributed by atoms with E-state index in [1.165, 1.54) is 5.56 Å². The Hall–Kier alpha value is -0.800. The lowest BCUT2D eigenvalue weighted by molar-refractivity contribution is 0.414. The van der Waals surface area contributed by atoms with E-state index in [4.69, 9.17) is 4.74 Å². The molecule has 0 heterocycles. The zero-order valence-corrected chi connectivity index (χ0v) is 9.80.